The maximum absolute atomic E-state index is 13.4. The van der Waals surface area contributed by atoms with Crippen LogP contribution in [0.25, 0.3) is 22.2 Å². The number of amides is 1. The second-order valence-electron chi connectivity index (χ2n) is 7.72. The zero-order valence-corrected chi connectivity index (χ0v) is 17.8. The Morgan fingerprint density at radius 1 is 1.10 bits per heavy atom. The maximum Gasteiger partial charge on any atom is 0.252 e. The van der Waals surface area contributed by atoms with Gasteiger partial charge in [-0.1, -0.05) is 55.0 Å². The first kappa shape index (κ1) is 19.8. The summed E-state index contributed by atoms with van der Waals surface area (Å²) in [6.07, 6.45) is 2.75. The molecular weight excluding hydrogens is 372 g/mol. The monoisotopic (exact) mass is 398 g/mol. The van der Waals surface area contributed by atoms with Gasteiger partial charge in [0.25, 0.3) is 5.91 Å². The van der Waals surface area contributed by atoms with Gasteiger partial charge < -0.3 is 5.32 Å². The predicted molar refractivity (Wildman–Crippen MR) is 120 cm³/mol. The molecule has 2 heterocycles. The Balaban J connectivity index is 1.75. The smallest absolute Gasteiger partial charge is 0.252 e. The lowest BCUT2D eigenvalue weighted by Gasteiger charge is -2.19. The zero-order chi connectivity index (χ0) is 21.3. The minimum Gasteiger partial charge on any atom is -0.345 e. The number of para-hydroxylation sites is 1. The highest BCUT2D eigenvalue weighted by molar-refractivity contribution is 6.07. The molecule has 0 aliphatic rings. The van der Waals surface area contributed by atoms with Gasteiger partial charge in [0, 0.05) is 24.2 Å². The molecule has 5 nitrogen and oxygen atoms in total. The van der Waals surface area contributed by atoms with E-state index < -0.39 is 0 Å². The van der Waals surface area contributed by atoms with Crippen molar-refractivity contribution >= 4 is 16.8 Å². The first-order valence-corrected chi connectivity index (χ1v) is 10.2. The van der Waals surface area contributed by atoms with E-state index in [1.54, 1.807) is 4.68 Å². The topological polar surface area (TPSA) is 59.8 Å². The molecule has 0 aliphatic heterocycles. The summed E-state index contributed by atoms with van der Waals surface area (Å²) in [5, 5.41) is 8.49. The van der Waals surface area contributed by atoms with E-state index in [0.717, 1.165) is 39.8 Å². The van der Waals surface area contributed by atoms with Crippen LogP contribution in [0.3, 0.4) is 0 Å². The molecule has 4 aromatic rings. The molecule has 152 valence electrons. The van der Waals surface area contributed by atoms with E-state index in [4.69, 9.17) is 4.98 Å². The molecular formula is C25H26N4O. The van der Waals surface area contributed by atoms with Crippen molar-refractivity contribution in [1.82, 2.24) is 20.1 Å². The van der Waals surface area contributed by atoms with E-state index in [1.165, 1.54) is 5.56 Å². The molecule has 5 heteroatoms. The number of aryl methyl sites for hydroxylation is 3. The van der Waals surface area contributed by atoms with E-state index >= 15 is 0 Å². The number of fused-ring (bicyclic) bond motifs is 1. The number of hydrogen-bond donors (Lipinski definition) is 1. The third-order valence-corrected chi connectivity index (χ3v) is 5.44. The van der Waals surface area contributed by atoms with Crippen molar-refractivity contribution in [2.75, 3.05) is 0 Å². The highest BCUT2D eigenvalue weighted by atomic mass is 16.1. The van der Waals surface area contributed by atoms with Gasteiger partial charge in [-0.05, 0) is 38.0 Å². The van der Waals surface area contributed by atoms with Crippen molar-refractivity contribution in [3.05, 3.63) is 83.2 Å². The van der Waals surface area contributed by atoms with Gasteiger partial charge in [0.2, 0.25) is 0 Å². The Kier molecular flexibility index (Phi) is 5.36. The van der Waals surface area contributed by atoms with Crippen LogP contribution in [-0.2, 0) is 7.05 Å². The van der Waals surface area contributed by atoms with Gasteiger partial charge in [-0.2, -0.15) is 5.10 Å². The van der Waals surface area contributed by atoms with Crippen LogP contribution in [0, 0.1) is 13.8 Å². The lowest BCUT2D eigenvalue weighted by atomic mass is 10.0. The van der Waals surface area contributed by atoms with Gasteiger partial charge in [0.1, 0.15) is 0 Å². The fourth-order valence-corrected chi connectivity index (χ4v) is 3.81. The van der Waals surface area contributed by atoms with Crippen LogP contribution in [0.5, 0.6) is 0 Å². The van der Waals surface area contributed by atoms with E-state index in [2.05, 4.69) is 48.5 Å². The molecule has 1 unspecified atom stereocenters. The summed E-state index contributed by atoms with van der Waals surface area (Å²) in [7, 11) is 1.89. The molecule has 1 N–H and O–H groups in total. The van der Waals surface area contributed by atoms with Crippen LogP contribution >= 0.6 is 0 Å². The molecule has 0 radical (unpaired) electrons. The van der Waals surface area contributed by atoms with Crippen molar-refractivity contribution in [2.45, 2.75) is 33.2 Å². The van der Waals surface area contributed by atoms with Crippen molar-refractivity contribution in [2.24, 2.45) is 7.05 Å². The molecule has 0 saturated heterocycles. The second-order valence-corrected chi connectivity index (χ2v) is 7.72. The molecule has 0 spiro atoms. The summed E-state index contributed by atoms with van der Waals surface area (Å²) >= 11 is 0. The second kappa shape index (κ2) is 8.11. The lowest BCUT2D eigenvalue weighted by Crippen LogP contribution is -2.28. The van der Waals surface area contributed by atoms with E-state index in [0.29, 0.717) is 5.56 Å². The Morgan fingerprint density at radius 3 is 2.50 bits per heavy atom. The summed E-state index contributed by atoms with van der Waals surface area (Å²) in [6.45, 7) is 6.10. The number of pyridine rings is 1. The molecule has 2 aromatic heterocycles. The Bertz CT molecular complexity index is 1210. The minimum absolute atomic E-state index is 0.0476. The van der Waals surface area contributed by atoms with Crippen LogP contribution in [0.4, 0.5) is 0 Å². The van der Waals surface area contributed by atoms with Crippen molar-refractivity contribution in [3.63, 3.8) is 0 Å². The number of aromatic nitrogens is 3. The van der Waals surface area contributed by atoms with E-state index in [1.807, 2.05) is 50.5 Å². The average Bonchev–Trinajstić information content (AvgIpc) is 3.09. The fourth-order valence-electron chi connectivity index (χ4n) is 3.81. The Morgan fingerprint density at radius 2 is 1.83 bits per heavy atom. The molecule has 0 bridgehead atoms. The molecule has 30 heavy (non-hydrogen) atoms. The molecule has 2 aromatic carbocycles. The van der Waals surface area contributed by atoms with Gasteiger partial charge in [0.05, 0.1) is 28.5 Å². The first-order chi connectivity index (χ1) is 14.5. The Labute approximate surface area is 176 Å². The van der Waals surface area contributed by atoms with Gasteiger partial charge in [-0.25, -0.2) is 4.98 Å². The Hall–Kier alpha value is -3.47. The summed E-state index contributed by atoms with van der Waals surface area (Å²) in [5.41, 5.74) is 6.32. The third-order valence-electron chi connectivity index (χ3n) is 5.44. The van der Waals surface area contributed by atoms with Crippen LogP contribution in [-0.4, -0.2) is 20.7 Å². The van der Waals surface area contributed by atoms with Crippen LogP contribution in [0.2, 0.25) is 0 Å². The quantitative estimate of drug-likeness (QED) is 0.507. The van der Waals surface area contributed by atoms with Gasteiger partial charge in [-0.15, -0.1) is 0 Å². The third kappa shape index (κ3) is 3.83. The lowest BCUT2D eigenvalue weighted by molar-refractivity contribution is 0.0937. The predicted octanol–water partition coefficient (Wildman–Crippen LogP) is 5.13. The molecule has 4 rings (SSSR count). The van der Waals surface area contributed by atoms with E-state index in [9.17, 15) is 4.79 Å². The molecule has 0 saturated carbocycles. The molecule has 1 atom stereocenters. The molecule has 0 fully saturated rings. The number of nitrogens with one attached hydrogen (secondary N) is 1. The normalized spacial score (nSPS) is 12.1. The van der Waals surface area contributed by atoms with Crippen LogP contribution < -0.4 is 5.32 Å². The highest BCUT2D eigenvalue weighted by Gasteiger charge is 2.19. The van der Waals surface area contributed by atoms with E-state index in [-0.39, 0.29) is 11.9 Å². The van der Waals surface area contributed by atoms with Gasteiger partial charge in [-0.3, -0.25) is 9.48 Å². The fraction of sp³-hybridized carbons (Fsp3) is 0.240. The first-order valence-electron chi connectivity index (χ1n) is 10.2. The number of nitrogens with zero attached hydrogens (tertiary/aromatic N) is 3. The summed E-state index contributed by atoms with van der Waals surface area (Å²) in [6, 6.07) is 17.9. The molecule has 1 amide bonds. The number of rotatable bonds is 5. The minimum atomic E-state index is -0.0937. The summed E-state index contributed by atoms with van der Waals surface area (Å²) < 4.78 is 1.77. The SMILES string of the molecule is CCC(NC(=O)c1cc(-c2cn(C)nc2C)nc2ccccc12)c1ccc(C)cc1. The highest BCUT2D eigenvalue weighted by Crippen LogP contribution is 2.27. The standard InChI is InChI=1S/C25H26N4O/c1-5-22(18-12-10-16(2)11-13-18)27-25(30)20-14-24(21-15-29(4)28-17(21)3)26-23-9-7-6-8-19(20)23/h6-15,22H,5H2,1-4H3,(H,27,30). The number of carbonyl (C=O) groups excluding carboxylic acids is 1. The summed E-state index contributed by atoms with van der Waals surface area (Å²) in [5.74, 6) is -0.0937. The maximum atomic E-state index is 13.4. The number of carbonyl (C=O) groups is 1. The average molecular weight is 399 g/mol. The number of benzene rings is 2. The van der Waals surface area contributed by atoms with Crippen molar-refractivity contribution < 1.29 is 4.79 Å². The summed E-state index contributed by atoms with van der Waals surface area (Å²) in [4.78, 5) is 18.2. The van der Waals surface area contributed by atoms with Crippen molar-refractivity contribution in [3.8, 4) is 11.3 Å². The van der Waals surface area contributed by atoms with Crippen LogP contribution in [0.1, 0.15) is 46.6 Å². The van der Waals surface area contributed by atoms with Crippen LogP contribution in [0.15, 0.2) is 60.8 Å². The number of hydrogen-bond acceptors (Lipinski definition) is 3. The largest absolute Gasteiger partial charge is 0.345 e. The zero-order valence-electron chi connectivity index (χ0n) is 17.8. The van der Waals surface area contributed by atoms with Gasteiger partial charge >= 0.3 is 0 Å². The van der Waals surface area contributed by atoms with Crippen molar-refractivity contribution in [1.29, 1.82) is 0 Å². The molecule has 0 aliphatic carbocycles. The van der Waals surface area contributed by atoms with Gasteiger partial charge in [0.15, 0.2) is 0 Å².